The highest BCUT2D eigenvalue weighted by atomic mass is 32.3. The molecule has 17 heteroatoms. The summed E-state index contributed by atoms with van der Waals surface area (Å²) in [4.78, 5) is 34.8. The Morgan fingerprint density at radius 1 is 1.28 bits per heavy atom. The zero-order valence-corrected chi connectivity index (χ0v) is 23.0. The molecule has 39 heavy (non-hydrogen) atoms. The van der Waals surface area contributed by atoms with E-state index < -0.39 is 33.5 Å². The molecule has 3 rings (SSSR count). The maximum Gasteiger partial charge on any atom is 0.418 e. The van der Waals surface area contributed by atoms with Crippen molar-refractivity contribution in [3.05, 3.63) is 40.9 Å². The zero-order chi connectivity index (χ0) is 27.4. The highest BCUT2D eigenvalue weighted by molar-refractivity contribution is 7.80. The predicted molar refractivity (Wildman–Crippen MR) is 150 cm³/mol. The maximum absolute atomic E-state index is 13.0. The van der Waals surface area contributed by atoms with E-state index in [0.717, 1.165) is 11.3 Å². The van der Waals surface area contributed by atoms with E-state index in [1.165, 1.54) is 19.2 Å². The Morgan fingerprint density at radius 2 is 1.92 bits per heavy atom. The van der Waals surface area contributed by atoms with E-state index in [1.54, 1.807) is 24.3 Å². The number of thiazole rings is 1. The number of nitrogen functional groups attached to an aromatic ring is 2. The van der Waals surface area contributed by atoms with Crippen LogP contribution in [0.4, 0.5) is 5.13 Å². The summed E-state index contributed by atoms with van der Waals surface area (Å²) in [6, 6.07) is 6.70. The summed E-state index contributed by atoms with van der Waals surface area (Å²) < 4.78 is 40.8. The topological polar surface area (TPSA) is 221 Å². The minimum Gasteiger partial charge on any atom is -0.493 e. The van der Waals surface area contributed by atoms with Crippen molar-refractivity contribution in [1.82, 2.24) is 10.0 Å². The average Bonchev–Trinajstić information content (AvgIpc) is 3.25. The maximum atomic E-state index is 13.0. The highest BCUT2D eigenvalue weighted by Crippen LogP contribution is 2.40. The van der Waals surface area contributed by atoms with Gasteiger partial charge in [0.1, 0.15) is 23.9 Å². The van der Waals surface area contributed by atoms with Crippen molar-refractivity contribution in [2.24, 2.45) is 16.8 Å². The normalized spacial score (nSPS) is 16.4. The standard InChI is InChI=1S/C21H26N6O8S2.CH4.H2S/c1-21(2)14(19(29)27(21)35-37(30,31)32)10-16(28)17(15-11-36-20(24)25-15)26-34-9-3-8-33-13-6-4-12(5-7-13)18(22)23;;/h4-7,11,14H,3,8-10H2,1-2H3,(H3,22,23)(H2,24,25)(H,30,31,32);1H4;1H2/b26-17-;;. The molecule has 2 aromatic rings. The Labute approximate surface area is 237 Å². The van der Waals surface area contributed by atoms with Crippen LogP contribution in [0.25, 0.3) is 0 Å². The molecule has 216 valence electrons. The molecule has 0 aliphatic carbocycles. The number of hydrogen-bond acceptors (Lipinski definition) is 12. The van der Waals surface area contributed by atoms with E-state index in [0.29, 0.717) is 22.8 Å². The van der Waals surface area contributed by atoms with Gasteiger partial charge in [-0.15, -0.1) is 15.6 Å². The van der Waals surface area contributed by atoms with Gasteiger partial charge in [0.05, 0.1) is 18.1 Å². The van der Waals surface area contributed by atoms with Crippen LogP contribution >= 0.6 is 24.8 Å². The number of nitrogens with one attached hydrogen (secondary N) is 1. The number of aromatic nitrogens is 1. The lowest BCUT2D eigenvalue weighted by molar-refractivity contribution is -0.228. The van der Waals surface area contributed by atoms with E-state index in [4.69, 9.17) is 31.0 Å². The summed E-state index contributed by atoms with van der Waals surface area (Å²) in [6.07, 6.45) is 0.0882. The molecule has 1 saturated heterocycles. The van der Waals surface area contributed by atoms with Crippen molar-refractivity contribution in [2.75, 3.05) is 18.9 Å². The molecule has 1 aliphatic heterocycles. The van der Waals surface area contributed by atoms with Crippen LogP contribution < -0.4 is 16.2 Å². The molecule has 1 unspecified atom stereocenters. The number of anilines is 1. The molecule has 6 N–H and O–H groups in total. The fraction of sp³-hybridized carbons (Fsp3) is 0.409. The summed E-state index contributed by atoms with van der Waals surface area (Å²) >= 11 is 1.09. The zero-order valence-electron chi connectivity index (χ0n) is 20.4. The SMILES string of the molecule is C.CC1(C)C(CC(=O)/C(=N\OCCCOc2ccc(C(=N)N)cc2)c2csc(N)n2)C(=O)N1OS(=O)(=O)O.S. The number of oxime groups is 1. The van der Waals surface area contributed by atoms with Crippen molar-refractivity contribution in [1.29, 1.82) is 5.41 Å². The first-order valence-electron chi connectivity index (χ1n) is 10.8. The van der Waals surface area contributed by atoms with Gasteiger partial charge < -0.3 is 21.0 Å². The Morgan fingerprint density at radius 3 is 2.44 bits per heavy atom. The summed E-state index contributed by atoms with van der Waals surface area (Å²) in [7, 11) is -4.91. The number of ether oxygens (including phenoxy) is 1. The summed E-state index contributed by atoms with van der Waals surface area (Å²) in [6.45, 7) is 3.36. The summed E-state index contributed by atoms with van der Waals surface area (Å²) in [5.41, 5.74) is 10.5. The van der Waals surface area contributed by atoms with Gasteiger partial charge in [0.15, 0.2) is 16.6 Å². The van der Waals surface area contributed by atoms with Crippen LogP contribution in [0.2, 0.25) is 0 Å². The van der Waals surface area contributed by atoms with Gasteiger partial charge in [-0.2, -0.15) is 27.0 Å². The van der Waals surface area contributed by atoms with E-state index >= 15 is 0 Å². The molecule has 0 spiro atoms. The van der Waals surface area contributed by atoms with E-state index in [1.807, 2.05) is 0 Å². The molecule has 0 radical (unpaired) electrons. The third kappa shape index (κ3) is 8.62. The lowest BCUT2D eigenvalue weighted by Crippen LogP contribution is -2.68. The third-order valence-electron chi connectivity index (χ3n) is 5.43. The average molecular weight is 605 g/mol. The van der Waals surface area contributed by atoms with Gasteiger partial charge in [-0.3, -0.25) is 19.6 Å². The predicted octanol–water partition coefficient (Wildman–Crippen LogP) is 1.88. The molecule has 1 amide bonds. The molecule has 2 heterocycles. The van der Waals surface area contributed by atoms with Crippen molar-refractivity contribution in [2.45, 2.75) is 39.7 Å². The van der Waals surface area contributed by atoms with Crippen LogP contribution in [0, 0.1) is 11.3 Å². The second-order valence-corrected chi connectivity index (χ2v) is 10.3. The number of hydroxylamine groups is 2. The number of amides is 1. The first-order valence-corrected chi connectivity index (χ1v) is 13.1. The van der Waals surface area contributed by atoms with Crippen molar-refractivity contribution < 1.29 is 36.4 Å². The molecule has 1 fully saturated rings. The van der Waals surface area contributed by atoms with Crippen molar-refractivity contribution >= 4 is 63.6 Å². The van der Waals surface area contributed by atoms with Crippen molar-refractivity contribution in [3.8, 4) is 5.75 Å². The van der Waals surface area contributed by atoms with Crippen LogP contribution in [-0.2, 0) is 29.1 Å². The minimum absolute atomic E-state index is 0. The molecule has 14 nitrogen and oxygen atoms in total. The minimum atomic E-state index is -4.91. The fourth-order valence-electron chi connectivity index (χ4n) is 3.44. The lowest BCUT2D eigenvalue weighted by atomic mass is 9.74. The molecular formula is C22H32N6O8S3. The molecule has 0 bridgehead atoms. The van der Waals surface area contributed by atoms with Crippen LogP contribution in [-0.4, -0.2) is 65.0 Å². The van der Waals surface area contributed by atoms with Gasteiger partial charge in [0.2, 0.25) is 0 Å². The number of benzene rings is 1. The van der Waals surface area contributed by atoms with E-state index in [2.05, 4.69) is 14.4 Å². The van der Waals surface area contributed by atoms with Crippen molar-refractivity contribution in [3.63, 3.8) is 0 Å². The van der Waals surface area contributed by atoms with Crippen LogP contribution in [0.15, 0.2) is 34.8 Å². The van der Waals surface area contributed by atoms with Crippen LogP contribution in [0.1, 0.15) is 45.4 Å². The summed E-state index contributed by atoms with van der Waals surface area (Å²) in [5, 5.41) is 13.5. The Bertz CT molecular complexity index is 1310. The monoisotopic (exact) mass is 604 g/mol. The number of nitrogens with zero attached hydrogens (tertiary/aromatic N) is 3. The number of amidine groups is 1. The molecule has 1 aromatic heterocycles. The summed E-state index contributed by atoms with van der Waals surface area (Å²) in [5.74, 6) is -1.76. The Hall–Kier alpha value is -3.25. The number of ketones is 1. The van der Waals surface area contributed by atoms with E-state index in [9.17, 15) is 18.0 Å². The molecule has 1 aromatic carbocycles. The van der Waals surface area contributed by atoms with Gasteiger partial charge in [0, 0.05) is 23.8 Å². The van der Waals surface area contributed by atoms with Gasteiger partial charge in [-0.05, 0) is 38.1 Å². The first-order chi connectivity index (χ1) is 17.3. The second kappa shape index (κ2) is 13.7. The number of rotatable bonds is 13. The first kappa shape index (κ1) is 33.8. The van der Waals surface area contributed by atoms with Crippen LogP contribution in [0.3, 0.4) is 0 Å². The van der Waals surface area contributed by atoms with Gasteiger partial charge in [-0.25, -0.2) is 4.98 Å². The third-order valence-corrected chi connectivity index (χ3v) is 6.44. The Balaban J connectivity index is 0.00000380. The largest absolute Gasteiger partial charge is 0.493 e. The number of carbonyl (C=O) groups is 2. The molecule has 1 aliphatic rings. The van der Waals surface area contributed by atoms with Gasteiger partial charge >= 0.3 is 10.4 Å². The number of Topliss-reactive ketones (excluding diaryl/α,β-unsaturated/α-hetero) is 1. The fourth-order valence-corrected chi connectivity index (χ4v) is 4.44. The quantitative estimate of drug-likeness (QED) is 0.0645. The smallest absolute Gasteiger partial charge is 0.418 e. The number of nitrogens with two attached hydrogens (primary N) is 2. The lowest BCUT2D eigenvalue weighted by Gasteiger charge is -2.50. The Kier molecular flexibility index (Phi) is 11.9. The molecule has 0 saturated carbocycles. The van der Waals surface area contributed by atoms with E-state index in [-0.39, 0.29) is 62.9 Å². The number of β-lactam (4-membered cyclic amide) rings is 1. The van der Waals surface area contributed by atoms with Gasteiger partial charge in [-0.1, -0.05) is 12.6 Å². The molecular weight excluding hydrogens is 572 g/mol. The number of hydrogen-bond donors (Lipinski definition) is 4. The highest BCUT2D eigenvalue weighted by Gasteiger charge is 2.57. The molecule has 1 atom stereocenters. The van der Waals surface area contributed by atoms with Crippen LogP contribution in [0.5, 0.6) is 5.75 Å². The number of carbonyl (C=O) groups excluding carboxylic acids is 2. The second-order valence-electron chi connectivity index (χ2n) is 8.45. The van der Waals surface area contributed by atoms with Gasteiger partial charge in [0.25, 0.3) is 5.91 Å².